The third-order valence-corrected chi connectivity index (χ3v) is 3.27. The first-order valence-corrected chi connectivity index (χ1v) is 6.76. The molecule has 0 unspecified atom stereocenters. The number of fused-ring (bicyclic) bond motifs is 1. The summed E-state index contributed by atoms with van der Waals surface area (Å²) in [5, 5.41) is 9.06. The predicted molar refractivity (Wildman–Crippen MR) is 74.1 cm³/mol. The normalized spacial score (nSPS) is 14.5. The summed E-state index contributed by atoms with van der Waals surface area (Å²) >= 11 is 0. The fourth-order valence-corrected chi connectivity index (χ4v) is 2.22. The van der Waals surface area contributed by atoms with E-state index in [0.717, 1.165) is 12.4 Å². The zero-order chi connectivity index (χ0) is 14.7. The van der Waals surface area contributed by atoms with Crippen molar-refractivity contribution in [3.63, 3.8) is 0 Å². The van der Waals surface area contributed by atoms with Gasteiger partial charge in [0.1, 0.15) is 12.3 Å². The molecular weight excluding hydrogens is 260 g/mol. The van der Waals surface area contributed by atoms with E-state index >= 15 is 0 Å². The number of rotatable bonds is 3. The van der Waals surface area contributed by atoms with E-state index < -0.39 is 6.09 Å². The SMILES string of the molecule is CCN(c1cnc2c(n1)OCCN(C(=O)O)C2)C(C)C. The predicted octanol–water partition coefficient (Wildman–Crippen LogP) is 1.58. The van der Waals surface area contributed by atoms with Crippen molar-refractivity contribution in [2.24, 2.45) is 0 Å². The average molecular weight is 280 g/mol. The Hall–Kier alpha value is -2.05. The van der Waals surface area contributed by atoms with Crippen LogP contribution in [0.25, 0.3) is 0 Å². The van der Waals surface area contributed by atoms with Crippen molar-refractivity contribution < 1.29 is 14.6 Å². The molecule has 7 nitrogen and oxygen atoms in total. The van der Waals surface area contributed by atoms with Crippen LogP contribution in [0.3, 0.4) is 0 Å². The molecule has 7 heteroatoms. The minimum absolute atomic E-state index is 0.214. The highest BCUT2D eigenvalue weighted by molar-refractivity contribution is 5.65. The van der Waals surface area contributed by atoms with Gasteiger partial charge < -0.3 is 14.7 Å². The van der Waals surface area contributed by atoms with Gasteiger partial charge in [0.2, 0.25) is 5.88 Å². The molecule has 0 atom stereocenters. The Balaban J connectivity index is 2.28. The molecule has 0 spiro atoms. The van der Waals surface area contributed by atoms with Gasteiger partial charge in [0, 0.05) is 12.6 Å². The Bertz CT molecular complexity index is 493. The molecule has 20 heavy (non-hydrogen) atoms. The molecule has 110 valence electrons. The van der Waals surface area contributed by atoms with Crippen molar-refractivity contribution in [1.82, 2.24) is 14.9 Å². The fourth-order valence-electron chi connectivity index (χ4n) is 2.22. The standard InChI is InChI=1S/C13H20N4O3/c1-4-17(9(2)3)11-7-14-10-8-16(13(18)19)5-6-20-12(10)15-11/h7,9H,4-6,8H2,1-3H3,(H,18,19). The number of anilines is 1. The second-order valence-electron chi connectivity index (χ2n) is 4.91. The summed E-state index contributed by atoms with van der Waals surface area (Å²) in [6.45, 7) is 7.89. The van der Waals surface area contributed by atoms with Crippen molar-refractivity contribution in [3.05, 3.63) is 11.9 Å². The maximum Gasteiger partial charge on any atom is 0.407 e. The molecule has 0 aromatic carbocycles. The van der Waals surface area contributed by atoms with Gasteiger partial charge in [0.05, 0.1) is 19.3 Å². The number of amides is 1. The maximum atomic E-state index is 11.0. The molecule has 1 aromatic heterocycles. The average Bonchev–Trinajstić information content (AvgIpc) is 2.60. The summed E-state index contributed by atoms with van der Waals surface area (Å²) < 4.78 is 5.54. The zero-order valence-electron chi connectivity index (χ0n) is 12.0. The Morgan fingerprint density at radius 2 is 2.35 bits per heavy atom. The molecule has 1 aliphatic rings. The van der Waals surface area contributed by atoms with Crippen LogP contribution in [0.15, 0.2) is 6.20 Å². The summed E-state index contributed by atoms with van der Waals surface area (Å²) in [5.41, 5.74) is 0.563. The highest BCUT2D eigenvalue weighted by Gasteiger charge is 2.22. The lowest BCUT2D eigenvalue weighted by Crippen LogP contribution is -2.31. The number of hydrogen-bond acceptors (Lipinski definition) is 5. The number of hydrogen-bond donors (Lipinski definition) is 1. The van der Waals surface area contributed by atoms with Crippen LogP contribution in [0.1, 0.15) is 26.5 Å². The van der Waals surface area contributed by atoms with Gasteiger partial charge in [-0.3, -0.25) is 4.90 Å². The minimum atomic E-state index is -0.968. The van der Waals surface area contributed by atoms with Crippen LogP contribution in [0, 0.1) is 0 Å². The van der Waals surface area contributed by atoms with Crippen LogP contribution in [-0.2, 0) is 6.54 Å². The molecule has 1 N–H and O–H groups in total. The smallest absolute Gasteiger partial charge is 0.407 e. The lowest BCUT2D eigenvalue weighted by atomic mass is 10.3. The molecule has 0 aliphatic carbocycles. The minimum Gasteiger partial charge on any atom is -0.474 e. The van der Waals surface area contributed by atoms with Crippen LogP contribution in [0.5, 0.6) is 5.88 Å². The van der Waals surface area contributed by atoms with Crippen LogP contribution >= 0.6 is 0 Å². The van der Waals surface area contributed by atoms with Crippen molar-refractivity contribution in [1.29, 1.82) is 0 Å². The number of aromatic nitrogens is 2. The Morgan fingerprint density at radius 3 is 2.95 bits per heavy atom. The monoisotopic (exact) mass is 280 g/mol. The van der Waals surface area contributed by atoms with Gasteiger partial charge in [0.15, 0.2) is 5.82 Å². The van der Waals surface area contributed by atoms with E-state index in [4.69, 9.17) is 9.84 Å². The van der Waals surface area contributed by atoms with E-state index in [1.165, 1.54) is 4.90 Å². The number of carboxylic acid groups (broad SMARTS) is 1. The van der Waals surface area contributed by atoms with Crippen molar-refractivity contribution in [2.75, 3.05) is 24.6 Å². The second kappa shape index (κ2) is 5.94. The quantitative estimate of drug-likeness (QED) is 0.905. The molecular formula is C13H20N4O3. The molecule has 0 saturated carbocycles. The molecule has 1 amide bonds. The Morgan fingerprint density at radius 1 is 1.60 bits per heavy atom. The van der Waals surface area contributed by atoms with E-state index in [0.29, 0.717) is 30.8 Å². The molecule has 1 aliphatic heterocycles. The molecule has 0 fully saturated rings. The van der Waals surface area contributed by atoms with E-state index in [-0.39, 0.29) is 6.54 Å². The summed E-state index contributed by atoms with van der Waals surface area (Å²) in [4.78, 5) is 23.2. The van der Waals surface area contributed by atoms with E-state index in [2.05, 4.69) is 35.6 Å². The number of carbonyl (C=O) groups is 1. The van der Waals surface area contributed by atoms with Gasteiger partial charge >= 0.3 is 6.09 Å². The van der Waals surface area contributed by atoms with Crippen LogP contribution < -0.4 is 9.64 Å². The third kappa shape index (κ3) is 2.92. The first-order chi connectivity index (χ1) is 9.52. The Labute approximate surface area is 118 Å². The van der Waals surface area contributed by atoms with E-state index in [1.807, 2.05) is 0 Å². The fraction of sp³-hybridized carbons (Fsp3) is 0.615. The lowest BCUT2D eigenvalue weighted by molar-refractivity contribution is 0.137. The molecule has 1 aromatic rings. The number of nitrogens with zero attached hydrogens (tertiary/aromatic N) is 4. The van der Waals surface area contributed by atoms with E-state index in [1.54, 1.807) is 6.20 Å². The Kier molecular flexibility index (Phi) is 4.26. The molecule has 2 heterocycles. The van der Waals surface area contributed by atoms with Crippen LogP contribution in [-0.4, -0.2) is 51.8 Å². The first-order valence-electron chi connectivity index (χ1n) is 6.76. The van der Waals surface area contributed by atoms with Crippen LogP contribution in [0.2, 0.25) is 0 Å². The largest absolute Gasteiger partial charge is 0.474 e. The highest BCUT2D eigenvalue weighted by atomic mass is 16.5. The van der Waals surface area contributed by atoms with Crippen LogP contribution in [0.4, 0.5) is 10.6 Å². The van der Waals surface area contributed by atoms with Crippen molar-refractivity contribution >= 4 is 11.9 Å². The highest BCUT2D eigenvalue weighted by Crippen LogP contribution is 2.23. The summed E-state index contributed by atoms with van der Waals surface area (Å²) in [6, 6.07) is 0.314. The zero-order valence-corrected chi connectivity index (χ0v) is 12.0. The summed E-state index contributed by atoms with van der Waals surface area (Å²) in [5.74, 6) is 1.19. The second-order valence-corrected chi connectivity index (χ2v) is 4.91. The number of ether oxygens (including phenoxy) is 1. The molecule has 2 rings (SSSR count). The maximum absolute atomic E-state index is 11.0. The molecule has 0 saturated heterocycles. The summed E-state index contributed by atoms with van der Waals surface area (Å²) in [7, 11) is 0. The van der Waals surface area contributed by atoms with Gasteiger partial charge in [-0.15, -0.1) is 0 Å². The van der Waals surface area contributed by atoms with Gasteiger partial charge in [-0.25, -0.2) is 9.78 Å². The lowest BCUT2D eigenvalue weighted by Gasteiger charge is -2.26. The van der Waals surface area contributed by atoms with Crippen molar-refractivity contribution in [2.45, 2.75) is 33.4 Å². The van der Waals surface area contributed by atoms with Gasteiger partial charge in [-0.2, -0.15) is 4.98 Å². The van der Waals surface area contributed by atoms with Gasteiger partial charge in [0.25, 0.3) is 0 Å². The molecule has 0 bridgehead atoms. The van der Waals surface area contributed by atoms with Crippen molar-refractivity contribution in [3.8, 4) is 5.88 Å². The van der Waals surface area contributed by atoms with Gasteiger partial charge in [-0.05, 0) is 20.8 Å². The third-order valence-electron chi connectivity index (χ3n) is 3.27. The molecule has 0 radical (unpaired) electrons. The first kappa shape index (κ1) is 14.4. The van der Waals surface area contributed by atoms with Gasteiger partial charge in [-0.1, -0.05) is 0 Å². The van der Waals surface area contributed by atoms with E-state index in [9.17, 15) is 4.79 Å². The topological polar surface area (TPSA) is 78.8 Å². The summed E-state index contributed by atoms with van der Waals surface area (Å²) in [6.07, 6.45) is 0.710.